The van der Waals surface area contributed by atoms with Gasteiger partial charge in [-0.2, -0.15) is 5.48 Å². The van der Waals surface area contributed by atoms with E-state index in [0.717, 1.165) is 18.3 Å². The van der Waals surface area contributed by atoms with Crippen LogP contribution in [-0.2, 0) is 11.2 Å². The van der Waals surface area contributed by atoms with Crippen molar-refractivity contribution in [3.8, 4) is 0 Å². The van der Waals surface area contributed by atoms with E-state index in [-0.39, 0.29) is 0 Å². The van der Waals surface area contributed by atoms with Crippen LogP contribution in [0, 0.1) is 0 Å². The third-order valence-corrected chi connectivity index (χ3v) is 4.40. The number of rotatable bonds is 14. The van der Waals surface area contributed by atoms with E-state index < -0.39 is 6.04 Å². The lowest BCUT2D eigenvalue weighted by Crippen LogP contribution is -2.18. The van der Waals surface area contributed by atoms with Gasteiger partial charge in [-0.05, 0) is 24.0 Å². The first-order valence-corrected chi connectivity index (χ1v) is 9.25. The molecule has 0 aromatic heterocycles. The SMILES string of the molecule is CCCCCCCCCCCCc1cccc(C(C=O)NO)c1. The van der Waals surface area contributed by atoms with Gasteiger partial charge in [-0.25, -0.2) is 0 Å². The van der Waals surface area contributed by atoms with Gasteiger partial charge in [-0.15, -0.1) is 0 Å². The summed E-state index contributed by atoms with van der Waals surface area (Å²) in [6.45, 7) is 2.26. The second-order valence-electron chi connectivity index (χ2n) is 6.42. The minimum absolute atomic E-state index is 0.623. The fourth-order valence-electron chi connectivity index (χ4n) is 2.94. The van der Waals surface area contributed by atoms with Crippen LogP contribution in [0.5, 0.6) is 0 Å². The Morgan fingerprint density at radius 3 is 2.17 bits per heavy atom. The van der Waals surface area contributed by atoms with Crippen LogP contribution in [0.25, 0.3) is 0 Å². The van der Waals surface area contributed by atoms with E-state index in [0.29, 0.717) is 0 Å². The van der Waals surface area contributed by atoms with Crippen molar-refractivity contribution in [3.05, 3.63) is 35.4 Å². The molecule has 0 fully saturated rings. The maximum absolute atomic E-state index is 10.9. The van der Waals surface area contributed by atoms with Gasteiger partial charge < -0.3 is 10.0 Å². The summed E-state index contributed by atoms with van der Waals surface area (Å²) < 4.78 is 0. The number of unbranched alkanes of at least 4 members (excludes halogenated alkanes) is 9. The predicted molar refractivity (Wildman–Crippen MR) is 95.7 cm³/mol. The van der Waals surface area contributed by atoms with E-state index in [2.05, 4.69) is 13.0 Å². The monoisotopic (exact) mass is 319 g/mol. The Kier molecular flexibility index (Phi) is 11.5. The molecule has 0 amide bonds. The third kappa shape index (κ3) is 8.87. The first-order valence-electron chi connectivity index (χ1n) is 9.25. The number of aldehydes is 1. The van der Waals surface area contributed by atoms with Crippen molar-refractivity contribution in [1.82, 2.24) is 5.48 Å². The molecule has 3 heteroatoms. The minimum atomic E-state index is -0.623. The molecule has 0 radical (unpaired) electrons. The zero-order valence-electron chi connectivity index (χ0n) is 14.6. The highest BCUT2D eigenvalue weighted by molar-refractivity contribution is 5.61. The van der Waals surface area contributed by atoms with Gasteiger partial charge in [0, 0.05) is 0 Å². The standard InChI is InChI=1S/C20H33NO2/c1-2-3-4-5-6-7-8-9-10-11-13-18-14-12-15-19(16-18)20(17-22)21-23/h12,14-17,20-21,23H,2-11,13H2,1H3. The fourth-order valence-corrected chi connectivity index (χ4v) is 2.94. The lowest BCUT2D eigenvalue weighted by Gasteiger charge is -2.10. The smallest absolute Gasteiger partial charge is 0.143 e. The molecule has 0 saturated carbocycles. The summed E-state index contributed by atoms with van der Waals surface area (Å²) in [6, 6.07) is 7.30. The molecule has 1 unspecified atom stereocenters. The number of hydrogen-bond acceptors (Lipinski definition) is 3. The largest absolute Gasteiger partial charge is 0.316 e. The molecule has 3 nitrogen and oxygen atoms in total. The van der Waals surface area contributed by atoms with Gasteiger partial charge in [0.15, 0.2) is 0 Å². The molecule has 1 rings (SSSR count). The summed E-state index contributed by atoms with van der Waals surface area (Å²) >= 11 is 0. The first-order chi connectivity index (χ1) is 11.3. The molecule has 0 aliphatic heterocycles. The Morgan fingerprint density at radius 1 is 1.00 bits per heavy atom. The number of hydrogen-bond donors (Lipinski definition) is 2. The lowest BCUT2D eigenvalue weighted by atomic mass is 10.0. The van der Waals surface area contributed by atoms with Gasteiger partial charge in [-0.1, -0.05) is 89.0 Å². The highest BCUT2D eigenvalue weighted by Crippen LogP contribution is 2.16. The molecule has 0 aliphatic rings. The highest BCUT2D eigenvalue weighted by atomic mass is 16.5. The van der Waals surface area contributed by atoms with Crippen molar-refractivity contribution in [2.45, 2.75) is 83.6 Å². The Balaban J connectivity index is 2.12. The molecule has 0 spiro atoms. The van der Waals surface area contributed by atoms with Gasteiger partial charge in [0.2, 0.25) is 0 Å². The Morgan fingerprint density at radius 2 is 1.61 bits per heavy atom. The van der Waals surface area contributed by atoms with Crippen molar-refractivity contribution in [2.24, 2.45) is 0 Å². The molecule has 0 bridgehead atoms. The van der Waals surface area contributed by atoms with Crippen molar-refractivity contribution in [1.29, 1.82) is 0 Å². The Bertz CT molecular complexity index is 420. The molecule has 130 valence electrons. The quantitative estimate of drug-likeness (QED) is 0.275. The van der Waals surface area contributed by atoms with Crippen molar-refractivity contribution < 1.29 is 10.0 Å². The summed E-state index contributed by atoms with van der Waals surface area (Å²) in [7, 11) is 0. The Hall–Kier alpha value is -1.19. The number of carbonyl (C=O) groups is 1. The summed E-state index contributed by atoms with van der Waals surface area (Å²) in [5.41, 5.74) is 4.10. The van der Waals surface area contributed by atoms with Crippen LogP contribution >= 0.6 is 0 Å². The first kappa shape index (κ1) is 19.9. The molecule has 1 aromatic rings. The summed E-state index contributed by atoms with van der Waals surface area (Å²) in [5, 5.41) is 8.95. The van der Waals surface area contributed by atoms with E-state index in [1.54, 1.807) is 0 Å². The zero-order valence-corrected chi connectivity index (χ0v) is 14.6. The van der Waals surface area contributed by atoms with Crippen LogP contribution in [0.1, 0.15) is 88.3 Å². The topological polar surface area (TPSA) is 49.3 Å². The number of hydroxylamine groups is 1. The molecular weight excluding hydrogens is 286 g/mol. The van der Waals surface area contributed by atoms with Gasteiger partial charge in [-0.3, -0.25) is 0 Å². The maximum Gasteiger partial charge on any atom is 0.143 e. The van der Waals surface area contributed by atoms with Gasteiger partial charge in [0.05, 0.1) is 0 Å². The number of aryl methyl sites for hydroxylation is 1. The second-order valence-corrected chi connectivity index (χ2v) is 6.42. The van der Waals surface area contributed by atoms with E-state index in [1.807, 2.05) is 23.7 Å². The van der Waals surface area contributed by atoms with Gasteiger partial charge in [0.25, 0.3) is 0 Å². The number of nitrogens with one attached hydrogen (secondary N) is 1. The van der Waals surface area contributed by atoms with E-state index >= 15 is 0 Å². The normalized spacial score (nSPS) is 12.3. The molecule has 0 aliphatic carbocycles. The molecule has 2 N–H and O–H groups in total. The van der Waals surface area contributed by atoms with Crippen LogP contribution in [0.2, 0.25) is 0 Å². The van der Waals surface area contributed by atoms with Gasteiger partial charge >= 0.3 is 0 Å². The zero-order chi connectivity index (χ0) is 16.8. The minimum Gasteiger partial charge on any atom is -0.316 e. The lowest BCUT2D eigenvalue weighted by molar-refractivity contribution is -0.111. The fraction of sp³-hybridized carbons (Fsp3) is 0.650. The maximum atomic E-state index is 10.9. The molecular formula is C20H33NO2. The summed E-state index contributed by atoms with van der Waals surface area (Å²) in [5.74, 6) is 0. The second kappa shape index (κ2) is 13.3. The van der Waals surface area contributed by atoms with Crippen LogP contribution in [0.4, 0.5) is 0 Å². The summed E-state index contributed by atoms with van der Waals surface area (Å²) in [6.07, 6.45) is 15.2. The van der Waals surface area contributed by atoms with Crippen LogP contribution in [-0.4, -0.2) is 11.5 Å². The Labute approximate surface area is 141 Å². The average Bonchev–Trinajstić information content (AvgIpc) is 2.58. The molecule has 1 atom stereocenters. The van der Waals surface area contributed by atoms with Gasteiger partial charge in [0.1, 0.15) is 12.3 Å². The number of benzene rings is 1. The molecule has 0 heterocycles. The van der Waals surface area contributed by atoms with Crippen LogP contribution in [0.15, 0.2) is 24.3 Å². The molecule has 23 heavy (non-hydrogen) atoms. The highest BCUT2D eigenvalue weighted by Gasteiger charge is 2.08. The van der Waals surface area contributed by atoms with Crippen molar-refractivity contribution in [3.63, 3.8) is 0 Å². The van der Waals surface area contributed by atoms with Crippen LogP contribution < -0.4 is 5.48 Å². The van der Waals surface area contributed by atoms with Crippen molar-refractivity contribution in [2.75, 3.05) is 0 Å². The predicted octanol–water partition coefficient (Wildman–Crippen LogP) is 5.37. The van der Waals surface area contributed by atoms with E-state index in [4.69, 9.17) is 5.21 Å². The third-order valence-electron chi connectivity index (χ3n) is 4.40. The van der Waals surface area contributed by atoms with Crippen molar-refractivity contribution >= 4 is 6.29 Å². The van der Waals surface area contributed by atoms with Crippen LogP contribution in [0.3, 0.4) is 0 Å². The molecule has 0 saturated heterocycles. The summed E-state index contributed by atoms with van der Waals surface area (Å²) in [4.78, 5) is 10.9. The van der Waals surface area contributed by atoms with E-state index in [1.165, 1.54) is 69.8 Å². The molecule has 1 aromatic carbocycles. The number of carbonyl (C=O) groups excluding carboxylic acids is 1. The van der Waals surface area contributed by atoms with E-state index in [9.17, 15) is 4.79 Å². The average molecular weight is 319 g/mol.